The Balaban J connectivity index is 4.21. The van der Waals surface area contributed by atoms with E-state index in [1.807, 2.05) is 0 Å². The second kappa shape index (κ2) is 8.35. The zero-order valence-electron chi connectivity index (χ0n) is 9.02. The Morgan fingerprint density at radius 2 is 1.93 bits per heavy atom. The molecule has 0 atom stereocenters. The Bertz CT molecular complexity index is 211. The van der Waals surface area contributed by atoms with Gasteiger partial charge in [0.2, 0.25) is 0 Å². The number of hydrogen-bond donors (Lipinski definition) is 3. The predicted molar refractivity (Wildman–Crippen MR) is 63.2 cm³/mol. The first-order valence-electron chi connectivity index (χ1n) is 4.89. The van der Waals surface area contributed by atoms with Crippen molar-refractivity contribution in [1.29, 1.82) is 0 Å². The molecule has 0 fully saturated rings. The van der Waals surface area contributed by atoms with Gasteiger partial charge in [-0.3, -0.25) is 4.99 Å². The minimum Gasteiger partial charge on any atom is -0.396 e. The third-order valence-electron chi connectivity index (χ3n) is 2.10. The molecule has 0 aromatic heterocycles. The molecule has 0 rings (SSSR count). The largest absolute Gasteiger partial charge is 0.396 e. The highest BCUT2D eigenvalue weighted by Gasteiger charge is 2.27. The molecule has 0 saturated carbocycles. The number of hydrogen-bond acceptors (Lipinski definition) is 4. The Kier molecular flexibility index (Phi) is 7.81. The van der Waals surface area contributed by atoms with Gasteiger partial charge in [0.1, 0.15) is 0 Å². The molecule has 0 spiro atoms. The third kappa shape index (κ3) is 5.47. The quantitative estimate of drug-likeness (QED) is 0.286. The molecule has 0 radical (unpaired) electrons. The van der Waals surface area contributed by atoms with E-state index < -0.39 is 5.41 Å². The minimum absolute atomic E-state index is 0.109. The number of rotatable bonds is 9. The molecule has 0 heterocycles. The first-order chi connectivity index (χ1) is 7.24. The van der Waals surface area contributed by atoms with Crippen molar-refractivity contribution >= 4 is 6.21 Å². The van der Waals surface area contributed by atoms with E-state index in [9.17, 15) is 10.2 Å². The lowest BCUT2D eigenvalue weighted by Gasteiger charge is -2.27. The van der Waals surface area contributed by atoms with Crippen LogP contribution < -0.4 is 5.32 Å². The van der Waals surface area contributed by atoms with E-state index in [1.165, 1.54) is 0 Å². The topological polar surface area (TPSA) is 64.9 Å². The maximum absolute atomic E-state index is 9.25. The minimum atomic E-state index is -0.609. The first kappa shape index (κ1) is 14.0. The van der Waals surface area contributed by atoms with Gasteiger partial charge in [0.15, 0.2) is 0 Å². The highest BCUT2D eigenvalue weighted by Crippen LogP contribution is 2.14. The standard InChI is InChI=1S/C11H20N2O2/c1-3-5-12-7-11(9-14,10-15)8-13-6-4-2/h3-5,13-15H,1-2,6-10H2. The molecule has 0 aliphatic carbocycles. The highest BCUT2D eigenvalue weighted by atomic mass is 16.3. The Hall–Kier alpha value is -0.970. The van der Waals surface area contributed by atoms with Crippen LogP contribution in [0, 0.1) is 5.41 Å². The Morgan fingerprint density at radius 3 is 2.40 bits per heavy atom. The number of aliphatic hydroxyl groups is 2. The number of allylic oxidation sites excluding steroid dienone is 1. The van der Waals surface area contributed by atoms with Gasteiger partial charge in [-0.2, -0.15) is 0 Å². The normalized spacial score (nSPS) is 11.9. The van der Waals surface area contributed by atoms with Gasteiger partial charge in [-0.1, -0.05) is 18.7 Å². The van der Waals surface area contributed by atoms with E-state index in [4.69, 9.17) is 0 Å². The molecule has 4 nitrogen and oxygen atoms in total. The van der Waals surface area contributed by atoms with Crippen LogP contribution in [0.25, 0.3) is 0 Å². The maximum Gasteiger partial charge on any atom is 0.0539 e. The van der Waals surface area contributed by atoms with Crippen molar-refractivity contribution in [3.63, 3.8) is 0 Å². The van der Waals surface area contributed by atoms with Crippen molar-refractivity contribution in [2.45, 2.75) is 0 Å². The van der Waals surface area contributed by atoms with E-state index >= 15 is 0 Å². The molecule has 0 aromatic carbocycles. The zero-order chi connectivity index (χ0) is 11.6. The summed E-state index contributed by atoms with van der Waals surface area (Å²) >= 11 is 0. The number of aliphatic imine (C=N–C) groups is 1. The van der Waals surface area contributed by atoms with Crippen molar-refractivity contribution in [3.05, 3.63) is 25.3 Å². The number of nitrogens with zero attached hydrogens (tertiary/aromatic N) is 1. The fraction of sp³-hybridized carbons (Fsp3) is 0.545. The molecule has 86 valence electrons. The van der Waals surface area contributed by atoms with Crippen LogP contribution in [-0.2, 0) is 0 Å². The maximum atomic E-state index is 9.25. The second-order valence-electron chi connectivity index (χ2n) is 3.46. The van der Waals surface area contributed by atoms with E-state index in [0.717, 1.165) is 0 Å². The van der Waals surface area contributed by atoms with Gasteiger partial charge in [0.25, 0.3) is 0 Å². The lowest BCUT2D eigenvalue weighted by Crippen LogP contribution is -2.43. The first-order valence-corrected chi connectivity index (χ1v) is 4.89. The SMILES string of the molecule is C=CC=NCC(CO)(CO)CNCC=C. The van der Waals surface area contributed by atoms with Crippen LogP contribution in [0.2, 0.25) is 0 Å². The van der Waals surface area contributed by atoms with Gasteiger partial charge < -0.3 is 15.5 Å². The summed E-state index contributed by atoms with van der Waals surface area (Å²) in [7, 11) is 0. The van der Waals surface area contributed by atoms with Crippen molar-refractivity contribution in [3.8, 4) is 0 Å². The third-order valence-corrected chi connectivity index (χ3v) is 2.10. The average molecular weight is 212 g/mol. The molecule has 0 bridgehead atoms. The van der Waals surface area contributed by atoms with Crippen LogP contribution in [0.4, 0.5) is 0 Å². The molecular weight excluding hydrogens is 192 g/mol. The second-order valence-corrected chi connectivity index (χ2v) is 3.46. The van der Waals surface area contributed by atoms with Crippen LogP contribution in [0.3, 0.4) is 0 Å². The fourth-order valence-electron chi connectivity index (χ4n) is 1.08. The molecule has 0 saturated heterocycles. The Morgan fingerprint density at radius 1 is 1.27 bits per heavy atom. The molecular formula is C11H20N2O2. The van der Waals surface area contributed by atoms with Crippen molar-refractivity contribution < 1.29 is 10.2 Å². The van der Waals surface area contributed by atoms with Gasteiger partial charge in [-0.15, -0.1) is 6.58 Å². The summed E-state index contributed by atoms with van der Waals surface area (Å²) in [6, 6.07) is 0. The lowest BCUT2D eigenvalue weighted by atomic mass is 9.90. The van der Waals surface area contributed by atoms with Crippen molar-refractivity contribution in [2.75, 3.05) is 32.8 Å². The smallest absolute Gasteiger partial charge is 0.0539 e. The summed E-state index contributed by atoms with van der Waals surface area (Å²) in [6.45, 7) is 8.38. The van der Waals surface area contributed by atoms with Gasteiger partial charge in [-0.25, -0.2) is 0 Å². The van der Waals surface area contributed by atoms with Crippen LogP contribution in [-0.4, -0.2) is 49.3 Å². The van der Waals surface area contributed by atoms with E-state index in [2.05, 4.69) is 23.5 Å². The highest BCUT2D eigenvalue weighted by molar-refractivity contribution is 5.70. The van der Waals surface area contributed by atoms with Gasteiger partial charge in [0.05, 0.1) is 19.8 Å². The van der Waals surface area contributed by atoms with E-state index in [0.29, 0.717) is 19.6 Å². The molecule has 3 N–H and O–H groups in total. The lowest BCUT2D eigenvalue weighted by molar-refractivity contribution is 0.0628. The van der Waals surface area contributed by atoms with Gasteiger partial charge in [-0.05, 0) is 0 Å². The predicted octanol–water partition coefficient (Wildman–Crippen LogP) is -0.0102. The number of nitrogens with one attached hydrogen (secondary N) is 1. The van der Waals surface area contributed by atoms with E-state index in [-0.39, 0.29) is 13.2 Å². The summed E-state index contributed by atoms with van der Waals surface area (Å²) in [5.41, 5.74) is -0.609. The van der Waals surface area contributed by atoms with Crippen molar-refractivity contribution in [1.82, 2.24) is 5.32 Å². The van der Waals surface area contributed by atoms with Gasteiger partial charge in [0, 0.05) is 24.7 Å². The molecule has 4 heteroatoms. The molecule has 0 amide bonds. The summed E-state index contributed by atoms with van der Waals surface area (Å²) in [6.07, 6.45) is 4.86. The van der Waals surface area contributed by atoms with Crippen LogP contribution in [0.15, 0.2) is 30.3 Å². The number of aliphatic hydroxyl groups excluding tert-OH is 2. The molecule has 0 unspecified atom stereocenters. The van der Waals surface area contributed by atoms with Crippen molar-refractivity contribution in [2.24, 2.45) is 10.4 Å². The Labute approximate surface area is 91.0 Å². The average Bonchev–Trinajstić information content (AvgIpc) is 2.28. The molecule has 15 heavy (non-hydrogen) atoms. The van der Waals surface area contributed by atoms with Crippen LogP contribution in [0.1, 0.15) is 0 Å². The molecule has 0 aliphatic rings. The summed E-state index contributed by atoms with van der Waals surface area (Å²) < 4.78 is 0. The summed E-state index contributed by atoms with van der Waals surface area (Å²) in [5, 5.41) is 21.6. The van der Waals surface area contributed by atoms with Gasteiger partial charge >= 0.3 is 0 Å². The van der Waals surface area contributed by atoms with Crippen LogP contribution >= 0.6 is 0 Å². The summed E-state index contributed by atoms with van der Waals surface area (Å²) in [4.78, 5) is 4.05. The zero-order valence-corrected chi connectivity index (χ0v) is 9.02. The van der Waals surface area contributed by atoms with E-state index in [1.54, 1.807) is 18.4 Å². The molecule has 0 aromatic rings. The fourth-order valence-corrected chi connectivity index (χ4v) is 1.08. The monoisotopic (exact) mass is 212 g/mol. The van der Waals surface area contributed by atoms with Crippen LogP contribution in [0.5, 0.6) is 0 Å². The summed E-state index contributed by atoms with van der Waals surface area (Å²) in [5.74, 6) is 0. The molecule has 0 aliphatic heterocycles.